The quantitative estimate of drug-likeness (QED) is 0.451. The van der Waals surface area contributed by atoms with Gasteiger partial charge in [0.25, 0.3) is 0 Å². The molecule has 0 amide bonds. The normalized spacial score (nSPS) is 11.4. The molecule has 0 radical (unpaired) electrons. The van der Waals surface area contributed by atoms with E-state index in [4.69, 9.17) is 4.74 Å². The van der Waals surface area contributed by atoms with Crippen molar-refractivity contribution in [3.05, 3.63) is 29.6 Å². The summed E-state index contributed by atoms with van der Waals surface area (Å²) in [6.07, 6.45) is 1.80. The molecule has 5 nitrogen and oxygen atoms in total. The Kier molecular flexibility index (Phi) is 6.79. The lowest BCUT2D eigenvalue weighted by atomic mass is 10.2. The largest absolute Gasteiger partial charge is 0.380 e. The van der Waals surface area contributed by atoms with E-state index in [1.807, 2.05) is 13.0 Å². The second-order valence-corrected chi connectivity index (χ2v) is 3.82. The number of aliphatic imine (C=N–C) groups is 1. The van der Waals surface area contributed by atoms with Crippen LogP contribution in [0.5, 0.6) is 0 Å². The number of nitrogens with one attached hydrogen (secondary N) is 2. The van der Waals surface area contributed by atoms with Gasteiger partial charge in [-0.1, -0.05) is 6.07 Å². The third-order valence-corrected chi connectivity index (χ3v) is 2.51. The van der Waals surface area contributed by atoms with Gasteiger partial charge in [0.05, 0.1) is 18.8 Å². The number of hydrogen-bond acceptors (Lipinski definition) is 3. The molecule has 100 valence electrons. The highest BCUT2D eigenvalue weighted by molar-refractivity contribution is 5.79. The van der Waals surface area contributed by atoms with E-state index >= 15 is 0 Å². The van der Waals surface area contributed by atoms with Crippen molar-refractivity contribution in [1.82, 2.24) is 15.6 Å². The van der Waals surface area contributed by atoms with Crippen LogP contribution in [0.4, 0.5) is 0 Å². The van der Waals surface area contributed by atoms with Crippen LogP contribution in [0.15, 0.2) is 23.3 Å². The fourth-order valence-electron chi connectivity index (χ4n) is 1.48. The van der Waals surface area contributed by atoms with Crippen molar-refractivity contribution in [3.8, 4) is 0 Å². The summed E-state index contributed by atoms with van der Waals surface area (Å²) in [5.74, 6) is 0.764. The number of ether oxygens (including phenoxy) is 1. The fraction of sp³-hybridized carbons (Fsp3) is 0.538. The predicted octanol–water partition coefficient (Wildman–Crippen LogP) is 1.09. The van der Waals surface area contributed by atoms with Gasteiger partial charge in [0.2, 0.25) is 0 Å². The Morgan fingerprint density at radius 3 is 2.94 bits per heavy atom. The van der Waals surface area contributed by atoms with Crippen LogP contribution < -0.4 is 10.6 Å². The monoisotopic (exact) mass is 250 g/mol. The maximum absolute atomic E-state index is 5.25. The molecular formula is C13H22N4O. The highest BCUT2D eigenvalue weighted by atomic mass is 16.5. The maximum atomic E-state index is 5.25. The highest BCUT2D eigenvalue weighted by Crippen LogP contribution is 2.01. The van der Waals surface area contributed by atoms with Gasteiger partial charge in [-0.2, -0.15) is 0 Å². The topological polar surface area (TPSA) is 58.5 Å². The predicted molar refractivity (Wildman–Crippen MR) is 73.7 cm³/mol. The van der Waals surface area contributed by atoms with Gasteiger partial charge >= 0.3 is 0 Å². The number of hydrogen-bond donors (Lipinski definition) is 2. The SMILES string of the molecule is CCOCCNC(=NC)NCc1ncccc1C. The summed E-state index contributed by atoms with van der Waals surface area (Å²) in [7, 11) is 1.75. The van der Waals surface area contributed by atoms with Crippen molar-refractivity contribution in [2.75, 3.05) is 26.8 Å². The number of pyridine rings is 1. The minimum Gasteiger partial charge on any atom is -0.380 e. The van der Waals surface area contributed by atoms with Gasteiger partial charge < -0.3 is 15.4 Å². The van der Waals surface area contributed by atoms with Gasteiger partial charge in [-0.05, 0) is 25.5 Å². The molecule has 0 aliphatic carbocycles. The van der Waals surface area contributed by atoms with Crippen LogP contribution in [0.3, 0.4) is 0 Å². The minimum absolute atomic E-state index is 0.668. The average Bonchev–Trinajstić information content (AvgIpc) is 2.40. The Bertz CT molecular complexity index is 379. The molecule has 0 aliphatic rings. The molecule has 0 aromatic carbocycles. The number of guanidine groups is 1. The first kappa shape index (κ1) is 14.4. The maximum Gasteiger partial charge on any atom is 0.191 e. The zero-order valence-electron chi connectivity index (χ0n) is 11.4. The van der Waals surface area contributed by atoms with Gasteiger partial charge in [0.1, 0.15) is 0 Å². The van der Waals surface area contributed by atoms with Crippen LogP contribution in [0, 0.1) is 6.92 Å². The molecule has 0 fully saturated rings. The molecule has 0 aliphatic heterocycles. The Morgan fingerprint density at radius 2 is 2.28 bits per heavy atom. The molecule has 1 aromatic heterocycles. The molecule has 2 N–H and O–H groups in total. The summed E-state index contributed by atoms with van der Waals surface area (Å²) in [5.41, 5.74) is 2.21. The van der Waals surface area contributed by atoms with E-state index in [0.717, 1.165) is 24.8 Å². The van der Waals surface area contributed by atoms with Crippen LogP contribution in [0.25, 0.3) is 0 Å². The first-order valence-electron chi connectivity index (χ1n) is 6.20. The van der Waals surface area contributed by atoms with E-state index in [-0.39, 0.29) is 0 Å². The van der Waals surface area contributed by atoms with Gasteiger partial charge in [-0.15, -0.1) is 0 Å². The van der Waals surface area contributed by atoms with Gasteiger partial charge in [-0.3, -0.25) is 9.98 Å². The fourth-order valence-corrected chi connectivity index (χ4v) is 1.48. The van der Waals surface area contributed by atoms with Crippen molar-refractivity contribution in [2.24, 2.45) is 4.99 Å². The molecular weight excluding hydrogens is 228 g/mol. The number of aryl methyl sites for hydroxylation is 1. The minimum atomic E-state index is 0.668. The van der Waals surface area contributed by atoms with E-state index in [1.54, 1.807) is 13.2 Å². The zero-order valence-corrected chi connectivity index (χ0v) is 11.4. The lowest BCUT2D eigenvalue weighted by Gasteiger charge is -2.12. The standard InChI is InChI=1S/C13H22N4O/c1-4-18-9-8-16-13(14-3)17-10-12-11(2)6-5-7-15-12/h5-7H,4,8-10H2,1-3H3,(H2,14,16,17). The average molecular weight is 250 g/mol. The Morgan fingerprint density at radius 1 is 1.44 bits per heavy atom. The third kappa shape index (κ3) is 5.14. The summed E-state index contributed by atoms with van der Waals surface area (Å²) < 4.78 is 5.25. The molecule has 1 rings (SSSR count). The van der Waals surface area contributed by atoms with Crippen LogP contribution in [0.1, 0.15) is 18.2 Å². The zero-order chi connectivity index (χ0) is 13.2. The number of aromatic nitrogens is 1. The summed E-state index contributed by atoms with van der Waals surface area (Å²) in [5, 5.41) is 6.40. The van der Waals surface area contributed by atoms with Crippen molar-refractivity contribution in [2.45, 2.75) is 20.4 Å². The molecule has 0 spiro atoms. The van der Waals surface area contributed by atoms with E-state index < -0.39 is 0 Å². The molecule has 0 unspecified atom stereocenters. The van der Waals surface area contributed by atoms with E-state index in [1.165, 1.54) is 5.56 Å². The summed E-state index contributed by atoms with van der Waals surface area (Å²) in [6, 6.07) is 3.99. The van der Waals surface area contributed by atoms with Gasteiger partial charge in [-0.25, -0.2) is 0 Å². The second kappa shape index (κ2) is 8.47. The van der Waals surface area contributed by atoms with Crippen LogP contribution in [0.2, 0.25) is 0 Å². The number of rotatable bonds is 6. The lowest BCUT2D eigenvalue weighted by Crippen LogP contribution is -2.38. The summed E-state index contributed by atoms with van der Waals surface area (Å²) in [4.78, 5) is 8.47. The number of nitrogens with zero attached hydrogens (tertiary/aromatic N) is 2. The van der Waals surface area contributed by atoms with E-state index in [9.17, 15) is 0 Å². The Balaban J connectivity index is 2.34. The first-order valence-corrected chi connectivity index (χ1v) is 6.20. The van der Waals surface area contributed by atoms with Gasteiger partial charge in [0, 0.05) is 26.4 Å². The molecule has 0 atom stereocenters. The Hall–Kier alpha value is -1.62. The van der Waals surface area contributed by atoms with Crippen LogP contribution >= 0.6 is 0 Å². The second-order valence-electron chi connectivity index (χ2n) is 3.82. The third-order valence-electron chi connectivity index (χ3n) is 2.51. The smallest absolute Gasteiger partial charge is 0.191 e. The molecule has 1 aromatic rings. The van der Waals surface area contributed by atoms with E-state index in [0.29, 0.717) is 13.2 Å². The molecule has 0 bridgehead atoms. The Labute approximate surface area is 109 Å². The van der Waals surface area contributed by atoms with Crippen molar-refractivity contribution >= 4 is 5.96 Å². The molecule has 5 heteroatoms. The van der Waals surface area contributed by atoms with Crippen molar-refractivity contribution in [3.63, 3.8) is 0 Å². The molecule has 1 heterocycles. The van der Waals surface area contributed by atoms with Crippen LogP contribution in [-0.4, -0.2) is 37.7 Å². The van der Waals surface area contributed by atoms with E-state index in [2.05, 4.69) is 33.6 Å². The van der Waals surface area contributed by atoms with Crippen molar-refractivity contribution in [1.29, 1.82) is 0 Å². The molecule has 18 heavy (non-hydrogen) atoms. The van der Waals surface area contributed by atoms with Crippen LogP contribution in [-0.2, 0) is 11.3 Å². The lowest BCUT2D eigenvalue weighted by molar-refractivity contribution is 0.152. The van der Waals surface area contributed by atoms with Crippen molar-refractivity contribution < 1.29 is 4.74 Å². The molecule has 0 saturated carbocycles. The highest BCUT2D eigenvalue weighted by Gasteiger charge is 2.00. The molecule has 0 saturated heterocycles. The van der Waals surface area contributed by atoms with Gasteiger partial charge in [0.15, 0.2) is 5.96 Å². The summed E-state index contributed by atoms with van der Waals surface area (Å²) >= 11 is 0. The first-order chi connectivity index (χ1) is 8.77. The summed E-state index contributed by atoms with van der Waals surface area (Å²) in [6.45, 7) is 6.86.